The van der Waals surface area contributed by atoms with Gasteiger partial charge in [-0.25, -0.2) is 0 Å². The molecule has 1 aliphatic carbocycles. The number of hydrogen-bond acceptors (Lipinski definition) is 6. The second-order valence-electron chi connectivity index (χ2n) is 3.60. The third-order valence-electron chi connectivity index (χ3n) is 2.59. The number of hydrogen-bond donors (Lipinski definition) is 0. The van der Waals surface area contributed by atoms with Gasteiger partial charge in [-0.1, -0.05) is 0 Å². The molecule has 2 aromatic heterocycles. The van der Waals surface area contributed by atoms with Crippen molar-refractivity contribution in [3.05, 3.63) is 32.3 Å². The van der Waals surface area contributed by atoms with E-state index in [9.17, 15) is 9.59 Å². The number of carbonyl (C=O) groups excluding carboxylic acids is 2. The standard InChI is InChI=1S/C10H6N2O2S2/c1-3-5-7(13)10-6(4(2)12-16-10)8(14)9(5)15-11-3/h1-2H3. The van der Waals surface area contributed by atoms with E-state index in [4.69, 9.17) is 0 Å². The maximum absolute atomic E-state index is 12.1. The Hall–Kier alpha value is -1.40. The third-order valence-corrected chi connectivity index (χ3v) is 4.47. The molecule has 0 atom stereocenters. The van der Waals surface area contributed by atoms with Crippen molar-refractivity contribution >= 4 is 34.6 Å². The SMILES string of the molecule is Cc1nsc2c1C(=O)c1snc(C)c1C2=O. The highest BCUT2D eigenvalue weighted by Crippen LogP contribution is 2.34. The van der Waals surface area contributed by atoms with Gasteiger partial charge in [-0.05, 0) is 36.9 Å². The third kappa shape index (κ3) is 1.03. The van der Waals surface area contributed by atoms with E-state index in [0.717, 1.165) is 23.1 Å². The summed E-state index contributed by atoms with van der Waals surface area (Å²) in [6.07, 6.45) is 0. The number of rotatable bonds is 0. The minimum Gasteiger partial charge on any atom is -0.287 e. The van der Waals surface area contributed by atoms with Gasteiger partial charge in [-0.2, -0.15) is 8.75 Å². The fourth-order valence-corrected chi connectivity index (χ4v) is 3.48. The molecule has 6 heteroatoms. The zero-order valence-electron chi connectivity index (χ0n) is 8.53. The van der Waals surface area contributed by atoms with Gasteiger partial charge in [0.25, 0.3) is 0 Å². The molecule has 4 nitrogen and oxygen atoms in total. The molecule has 0 bridgehead atoms. The number of aryl methyl sites for hydroxylation is 2. The first kappa shape index (κ1) is 9.80. The van der Waals surface area contributed by atoms with Crippen LogP contribution in [0.4, 0.5) is 0 Å². The summed E-state index contributed by atoms with van der Waals surface area (Å²) < 4.78 is 8.15. The summed E-state index contributed by atoms with van der Waals surface area (Å²) >= 11 is 2.19. The van der Waals surface area contributed by atoms with E-state index in [1.54, 1.807) is 13.8 Å². The quantitative estimate of drug-likeness (QED) is 0.612. The van der Waals surface area contributed by atoms with Gasteiger partial charge in [0.1, 0.15) is 9.75 Å². The topological polar surface area (TPSA) is 59.9 Å². The molecule has 2 heterocycles. The van der Waals surface area contributed by atoms with Gasteiger partial charge in [0.2, 0.25) is 11.6 Å². The summed E-state index contributed by atoms with van der Waals surface area (Å²) in [4.78, 5) is 25.2. The molecule has 16 heavy (non-hydrogen) atoms. The van der Waals surface area contributed by atoms with Crippen LogP contribution in [0.3, 0.4) is 0 Å². The highest BCUT2D eigenvalue weighted by Gasteiger charge is 2.36. The zero-order valence-corrected chi connectivity index (χ0v) is 10.2. The molecule has 0 amide bonds. The predicted molar refractivity (Wildman–Crippen MR) is 60.6 cm³/mol. The van der Waals surface area contributed by atoms with Crippen molar-refractivity contribution in [2.24, 2.45) is 0 Å². The van der Waals surface area contributed by atoms with Gasteiger partial charge >= 0.3 is 0 Å². The molecular weight excluding hydrogens is 244 g/mol. The van der Waals surface area contributed by atoms with Crippen molar-refractivity contribution in [2.75, 3.05) is 0 Å². The van der Waals surface area contributed by atoms with Crippen LogP contribution in [0, 0.1) is 13.8 Å². The van der Waals surface area contributed by atoms with Crippen LogP contribution in [0.5, 0.6) is 0 Å². The molecule has 2 aromatic rings. The molecular formula is C10H6N2O2S2. The highest BCUT2D eigenvalue weighted by atomic mass is 32.1. The Morgan fingerprint density at radius 3 is 1.56 bits per heavy atom. The van der Waals surface area contributed by atoms with Crippen molar-refractivity contribution in [3.8, 4) is 0 Å². The van der Waals surface area contributed by atoms with Crippen molar-refractivity contribution in [1.29, 1.82) is 0 Å². The number of aromatic nitrogens is 2. The fourth-order valence-electron chi connectivity index (χ4n) is 1.81. The average molecular weight is 250 g/mol. The van der Waals surface area contributed by atoms with Crippen LogP contribution >= 0.6 is 23.1 Å². The number of nitrogens with zero attached hydrogens (tertiary/aromatic N) is 2. The maximum Gasteiger partial charge on any atom is 0.208 e. The minimum atomic E-state index is -0.110. The van der Waals surface area contributed by atoms with Crippen molar-refractivity contribution < 1.29 is 9.59 Å². The molecule has 0 saturated heterocycles. The number of carbonyl (C=O) groups is 2. The van der Waals surface area contributed by atoms with Gasteiger partial charge in [0, 0.05) is 0 Å². The Balaban J connectivity index is 2.38. The summed E-state index contributed by atoms with van der Waals surface area (Å²) in [6, 6.07) is 0. The summed E-state index contributed by atoms with van der Waals surface area (Å²) in [7, 11) is 0. The molecule has 0 N–H and O–H groups in total. The lowest BCUT2D eigenvalue weighted by Gasteiger charge is -2.09. The Morgan fingerprint density at radius 2 is 1.19 bits per heavy atom. The molecule has 0 fully saturated rings. The first-order chi connectivity index (χ1) is 7.61. The average Bonchev–Trinajstić information content (AvgIpc) is 2.80. The predicted octanol–water partition coefficient (Wildman–Crippen LogP) is 1.99. The zero-order chi connectivity index (χ0) is 11.4. The largest absolute Gasteiger partial charge is 0.287 e. The highest BCUT2D eigenvalue weighted by molar-refractivity contribution is 7.11. The molecule has 0 spiro atoms. The molecule has 0 aliphatic heterocycles. The molecule has 0 radical (unpaired) electrons. The van der Waals surface area contributed by atoms with Crippen LogP contribution in [0.1, 0.15) is 41.9 Å². The van der Waals surface area contributed by atoms with Crippen LogP contribution < -0.4 is 0 Å². The summed E-state index contributed by atoms with van der Waals surface area (Å²) in [5.74, 6) is -0.220. The Labute approximate surface area is 99.3 Å². The van der Waals surface area contributed by atoms with Gasteiger partial charge in [0.15, 0.2) is 0 Å². The van der Waals surface area contributed by atoms with E-state index < -0.39 is 0 Å². The lowest BCUT2D eigenvalue weighted by Crippen LogP contribution is -2.18. The van der Waals surface area contributed by atoms with Crippen molar-refractivity contribution in [1.82, 2.24) is 8.75 Å². The number of ketones is 2. The Bertz CT molecular complexity index is 583. The van der Waals surface area contributed by atoms with Crippen molar-refractivity contribution in [2.45, 2.75) is 13.8 Å². The molecule has 0 saturated carbocycles. The van der Waals surface area contributed by atoms with E-state index in [1.807, 2.05) is 0 Å². The first-order valence-electron chi connectivity index (χ1n) is 4.63. The van der Waals surface area contributed by atoms with E-state index >= 15 is 0 Å². The van der Waals surface area contributed by atoms with E-state index in [-0.39, 0.29) is 11.6 Å². The van der Waals surface area contributed by atoms with Crippen LogP contribution in [0.25, 0.3) is 0 Å². The molecule has 0 aromatic carbocycles. The molecule has 80 valence electrons. The van der Waals surface area contributed by atoms with E-state index in [2.05, 4.69) is 8.75 Å². The molecule has 3 rings (SSSR count). The van der Waals surface area contributed by atoms with Crippen LogP contribution in [-0.2, 0) is 0 Å². The smallest absolute Gasteiger partial charge is 0.208 e. The first-order valence-corrected chi connectivity index (χ1v) is 6.18. The lowest BCUT2D eigenvalue weighted by atomic mass is 9.93. The van der Waals surface area contributed by atoms with E-state index in [1.165, 1.54) is 0 Å². The van der Waals surface area contributed by atoms with Gasteiger partial charge in [-0.15, -0.1) is 0 Å². The lowest BCUT2D eigenvalue weighted by molar-refractivity contribution is 0.0984. The number of fused-ring (bicyclic) bond motifs is 2. The Morgan fingerprint density at radius 1 is 0.812 bits per heavy atom. The Kier molecular flexibility index (Phi) is 1.87. The van der Waals surface area contributed by atoms with Crippen LogP contribution in [0.2, 0.25) is 0 Å². The van der Waals surface area contributed by atoms with Crippen LogP contribution in [-0.4, -0.2) is 20.3 Å². The summed E-state index contributed by atoms with van der Waals surface area (Å²) in [5.41, 5.74) is 2.20. The van der Waals surface area contributed by atoms with Gasteiger partial charge in [-0.3, -0.25) is 9.59 Å². The second kappa shape index (κ2) is 3.05. The summed E-state index contributed by atoms with van der Waals surface area (Å²) in [6.45, 7) is 3.50. The molecule has 0 unspecified atom stereocenters. The summed E-state index contributed by atoms with van der Waals surface area (Å²) in [5, 5.41) is 0. The maximum atomic E-state index is 12.1. The second-order valence-corrected chi connectivity index (χ2v) is 5.15. The normalized spacial score (nSPS) is 13.9. The van der Waals surface area contributed by atoms with Gasteiger partial charge < -0.3 is 0 Å². The van der Waals surface area contributed by atoms with Gasteiger partial charge in [0.05, 0.1) is 22.5 Å². The minimum absolute atomic E-state index is 0.110. The fraction of sp³-hybridized carbons (Fsp3) is 0.200. The van der Waals surface area contributed by atoms with Crippen molar-refractivity contribution in [3.63, 3.8) is 0 Å². The monoisotopic (exact) mass is 250 g/mol. The molecule has 1 aliphatic rings. The van der Waals surface area contributed by atoms with Crippen LogP contribution in [0.15, 0.2) is 0 Å². The van der Waals surface area contributed by atoms with E-state index in [0.29, 0.717) is 32.3 Å².